The van der Waals surface area contributed by atoms with Gasteiger partial charge in [-0.25, -0.2) is 4.98 Å². The van der Waals surface area contributed by atoms with E-state index in [2.05, 4.69) is 26.2 Å². The lowest BCUT2D eigenvalue weighted by atomic mass is 10.1. The van der Waals surface area contributed by atoms with Gasteiger partial charge in [-0.15, -0.1) is 0 Å². The molecule has 0 saturated carbocycles. The Hall–Kier alpha value is -1.50. The van der Waals surface area contributed by atoms with Gasteiger partial charge in [0.1, 0.15) is 0 Å². The molecule has 0 spiro atoms. The summed E-state index contributed by atoms with van der Waals surface area (Å²) in [6.45, 7) is 0.939. The maximum Gasteiger partial charge on any atom is 0.418 e. The first-order valence-electron chi connectivity index (χ1n) is 5.53. The summed E-state index contributed by atoms with van der Waals surface area (Å²) < 4.78 is 40.8. The molecule has 0 fully saturated rings. The number of hydrogen-bond donors (Lipinski definition) is 1. The molecule has 102 valence electrons. The summed E-state index contributed by atoms with van der Waals surface area (Å²) in [6, 6.07) is 4.06. The van der Waals surface area contributed by atoms with E-state index >= 15 is 0 Å². The van der Waals surface area contributed by atoms with E-state index in [1.165, 1.54) is 6.07 Å². The minimum absolute atomic E-state index is 0.0795. The van der Waals surface area contributed by atoms with E-state index in [0.717, 1.165) is 6.07 Å². The average molecular weight is 334 g/mol. The first kappa shape index (κ1) is 13.9. The molecule has 0 radical (unpaired) electrons. The Morgan fingerprint density at radius 1 is 1.32 bits per heavy atom. The molecule has 0 aliphatic rings. The van der Waals surface area contributed by atoms with Gasteiger partial charge in [0.2, 0.25) is 0 Å². The molecule has 7 heteroatoms. The lowest BCUT2D eigenvalue weighted by Crippen LogP contribution is -2.14. The van der Waals surface area contributed by atoms with Crippen molar-refractivity contribution in [3.8, 4) is 0 Å². The van der Waals surface area contributed by atoms with Crippen molar-refractivity contribution in [2.24, 2.45) is 0 Å². The van der Waals surface area contributed by atoms with Crippen molar-refractivity contribution < 1.29 is 13.2 Å². The fraction of sp³-hybridized carbons (Fsp3) is 0.250. The predicted octanol–water partition coefficient (Wildman–Crippen LogP) is 3.78. The van der Waals surface area contributed by atoms with Crippen LogP contribution in [-0.2, 0) is 12.7 Å². The maximum absolute atomic E-state index is 12.9. The Kier molecular flexibility index (Phi) is 4.14. The summed E-state index contributed by atoms with van der Waals surface area (Å²) in [5.41, 5.74) is -0.594. The molecule has 1 heterocycles. The Labute approximate surface area is 116 Å². The van der Waals surface area contributed by atoms with Crippen molar-refractivity contribution in [2.75, 3.05) is 11.9 Å². The first-order valence-corrected chi connectivity index (χ1v) is 6.32. The number of aromatic nitrogens is 2. The van der Waals surface area contributed by atoms with E-state index in [1.807, 2.05) is 0 Å². The summed E-state index contributed by atoms with van der Waals surface area (Å²) in [7, 11) is 0. The molecule has 1 aromatic carbocycles. The van der Waals surface area contributed by atoms with Crippen LogP contribution in [0.4, 0.5) is 18.9 Å². The summed E-state index contributed by atoms with van der Waals surface area (Å²) in [5.74, 6) is 0. The summed E-state index contributed by atoms with van der Waals surface area (Å²) >= 11 is 3.05. The van der Waals surface area contributed by atoms with Gasteiger partial charge in [-0.1, -0.05) is 15.9 Å². The molecule has 0 saturated heterocycles. The third kappa shape index (κ3) is 3.73. The van der Waals surface area contributed by atoms with Crippen LogP contribution in [0.15, 0.2) is 41.4 Å². The molecule has 0 atom stereocenters. The molecule has 0 unspecified atom stereocenters. The highest BCUT2D eigenvalue weighted by Crippen LogP contribution is 2.36. The second-order valence-electron chi connectivity index (χ2n) is 3.91. The third-order valence-electron chi connectivity index (χ3n) is 2.53. The largest absolute Gasteiger partial charge is 0.418 e. The number of alkyl halides is 3. The fourth-order valence-electron chi connectivity index (χ4n) is 1.64. The Balaban J connectivity index is 2.07. The van der Waals surface area contributed by atoms with Crippen molar-refractivity contribution in [3.63, 3.8) is 0 Å². The summed E-state index contributed by atoms with van der Waals surface area (Å²) in [6.07, 6.45) is 0.629. The number of nitrogens with one attached hydrogen (secondary N) is 1. The SMILES string of the molecule is FC(F)(F)c1cc(Br)ccc1NCCn1ccnc1. The number of hydrogen-bond acceptors (Lipinski definition) is 2. The average Bonchev–Trinajstić information content (AvgIpc) is 2.83. The van der Waals surface area contributed by atoms with Crippen LogP contribution in [0, 0.1) is 0 Å². The molecule has 2 aromatic rings. The number of halogens is 4. The van der Waals surface area contributed by atoms with Crippen molar-refractivity contribution in [1.82, 2.24) is 9.55 Å². The van der Waals surface area contributed by atoms with E-state index in [-0.39, 0.29) is 5.69 Å². The molecule has 19 heavy (non-hydrogen) atoms. The van der Waals surface area contributed by atoms with Gasteiger partial charge in [0, 0.05) is 35.6 Å². The van der Waals surface area contributed by atoms with Gasteiger partial charge in [-0.3, -0.25) is 0 Å². The van der Waals surface area contributed by atoms with Crippen molar-refractivity contribution in [3.05, 3.63) is 47.0 Å². The molecule has 0 aliphatic heterocycles. The van der Waals surface area contributed by atoms with Gasteiger partial charge in [0.05, 0.1) is 11.9 Å². The predicted molar refractivity (Wildman–Crippen MR) is 69.9 cm³/mol. The summed E-state index contributed by atoms with van der Waals surface area (Å²) in [4.78, 5) is 3.87. The van der Waals surface area contributed by atoms with Crippen LogP contribution in [0.5, 0.6) is 0 Å². The van der Waals surface area contributed by atoms with Gasteiger partial charge in [0.15, 0.2) is 0 Å². The van der Waals surface area contributed by atoms with Crippen LogP contribution in [0.3, 0.4) is 0 Å². The second-order valence-corrected chi connectivity index (χ2v) is 4.83. The highest BCUT2D eigenvalue weighted by molar-refractivity contribution is 9.10. The zero-order chi connectivity index (χ0) is 13.9. The van der Waals surface area contributed by atoms with Gasteiger partial charge in [-0.05, 0) is 18.2 Å². The van der Waals surface area contributed by atoms with Gasteiger partial charge >= 0.3 is 6.18 Å². The topological polar surface area (TPSA) is 29.9 Å². The molecule has 2 rings (SSSR count). The highest BCUT2D eigenvalue weighted by Gasteiger charge is 2.33. The van der Waals surface area contributed by atoms with Gasteiger partial charge < -0.3 is 9.88 Å². The molecule has 0 amide bonds. The number of anilines is 1. The zero-order valence-corrected chi connectivity index (χ0v) is 11.4. The molecular weight excluding hydrogens is 323 g/mol. The second kappa shape index (κ2) is 5.64. The van der Waals surface area contributed by atoms with E-state index in [1.54, 1.807) is 29.4 Å². The zero-order valence-electron chi connectivity index (χ0n) is 9.78. The van der Waals surface area contributed by atoms with Gasteiger partial charge in [0.25, 0.3) is 0 Å². The Bertz CT molecular complexity index is 538. The minimum atomic E-state index is -4.37. The number of imidazole rings is 1. The van der Waals surface area contributed by atoms with Crippen LogP contribution >= 0.6 is 15.9 Å². The van der Waals surface area contributed by atoms with Crippen LogP contribution in [0.1, 0.15) is 5.56 Å². The third-order valence-corrected chi connectivity index (χ3v) is 3.02. The van der Waals surface area contributed by atoms with E-state index in [4.69, 9.17) is 0 Å². The van der Waals surface area contributed by atoms with Crippen LogP contribution < -0.4 is 5.32 Å². The molecule has 3 nitrogen and oxygen atoms in total. The molecule has 0 bridgehead atoms. The number of benzene rings is 1. The van der Waals surface area contributed by atoms with Crippen molar-refractivity contribution in [2.45, 2.75) is 12.7 Å². The minimum Gasteiger partial charge on any atom is -0.383 e. The standard InChI is InChI=1S/C12H11BrF3N3/c13-9-1-2-11(10(7-9)12(14,15)16)18-4-6-19-5-3-17-8-19/h1-3,5,7-8,18H,4,6H2. The van der Waals surface area contributed by atoms with Crippen LogP contribution in [0.2, 0.25) is 0 Å². The fourth-order valence-corrected chi connectivity index (χ4v) is 2.00. The van der Waals surface area contributed by atoms with Crippen LogP contribution in [-0.4, -0.2) is 16.1 Å². The van der Waals surface area contributed by atoms with Gasteiger partial charge in [-0.2, -0.15) is 13.2 Å². The Morgan fingerprint density at radius 3 is 2.74 bits per heavy atom. The number of nitrogens with zero attached hydrogens (tertiary/aromatic N) is 2. The summed E-state index contributed by atoms with van der Waals surface area (Å²) in [5, 5.41) is 2.80. The van der Waals surface area contributed by atoms with Crippen molar-refractivity contribution >= 4 is 21.6 Å². The number of rotatable bonds is 4. The lowest BCUT2D eigenvalue weighted by Gasteiger charge is -2.15. The normalized spacial score (nSPS) is 11.6. The molecule has 1 aromatic heterocycles. The van der Waals surface area contributed by atoms with Crippen LogP contribution in [0.25, 0.3) is 0 Å². The monoisotopic (exact) mass is 333 g/mol. The molecule has 0 aliphatic carbocycles. The quantitative estimate of drug-likeness (QED) is 0.922. The lowest BCUT2D eigenvalue weighted by molar-refractivity contribution is -0.137. The van der Waals surface area contributed by atoms with E-state index in [0.29, 0.717) is 17.6 Å². The smallest absolute Gasteiger partial charge is 0.383 e. The van der Waals surface area contributed by atoms with E-state index < -0.39 is 11.7 Å². The van der Waals surface area contributed by atoms with Crippen molar-refractivity contribution in [1.29, 1.82) is 0 Å². The molecular formula is C12H11BrF3N3. The highest BCUT2D eigenvalue weighted by atomic mass is 79.9. The Morgan fingerprint density at radius 2 is 2.11 bits per heavy atom. The molecule has 1 N–H and O–H groups in total. The maximum atomic E-state index is 12.9. The van der Waals surface area contributed by atoms with E-state index in [9.17, 15) is 13.2 Å². The first-order chi connectivity index (χ1) is 8.97.